The predicted molar refractivity (Wildman–Crippen MR) is 70.0 cm³/mol. The van der Waals surface area contributed by atoms with Gasteiger partial charge in [0.25, 0.3) is 5.91 Å². The molecular formula is C12H14FNO4S. The van der Waals surface area contributed by atoms with Crippen molar-refractivity contribution in [2.75, 3.05) is 12.0 Å². The van der Waals surface area contributed by atoms with Crippen molar-refractivity contribution in [3.63, 3.8) is 0 Å². The zero-order valence-electron chi connectivity index (χ0n) is 10.2. The third-order valence-electron chi connectivity index (χ3n) is 2.42. The second kappa shape index (κ2) is 6.98. The van der Waals surface area contributed by atoms with E-state index in [-0.39, 0.29) is 12.0 Å². The van der Waals surface area contributed by atoms with E-state index in [0.29, 0.717) is 5.75 Å². The summed E-state index contributed by atoms with van der Waals surface area (Å²) in [4.78, 5) is 22.8. The summed E-state index contributed by atoms with van der Waals surface area (Å²) >= 11 is 1.45. The summed E-state index contributed by atoms with van der Waals surface area (Å²) in [6.07, 6.45) is 2.07. The highest BCUT2D eigenvalue weighted by Crippen LogP contribution is 2.18. The van der Waals surface area contributed by atoms with Crippen molar-refractivity contribution in [2.45, 2.75) is 12.5 Å². The van der Waals surface area contributed by atoms with Crippen LogP contribution in [0.4, 0.5) is 4.39 Å². The number of carboxylic acids is 1. The Kier molecular flexibility index (Phi) is 5.62. The van der Waals surface area contributed by atoms with E-state index >= 15 is 0 Å². The Morgan fingerprint density at radius 3 is 2.74 bits per heavy atom. The van der Waals surface area contributed by atoms with Gasteiger partial charge >= 0.3 is 5.97 Å². The van der Waals surface area contributed by atoms with Crippen LogP contribution in [0.15, 0.2) is 18.2 Å². The number of rotatable bonds is 6. The van der Waals surface area contributed by atoms with Crippen LogP contribution in [0.2, 0.25) is 0 Å². The minimum atomic E-state index is -1.17. The maximum Gasteiger partial charge on any atom is 0.326 e. The Morgan fingerprint density at radius 1 is 1.47 bits per heavy atom. The lowest BCUT2D eigenvalue weighted by molar-refractivity contribution is -0.139. The molecule has 1 aromatic rings. The number of phenolic OH excluding ortho intramolecular Hbond substituents is 1. The molecule has 0 saturated carbocycles. The normalized spacial score (nSPS) is 11.9. The van der Waals surface area contributed by atoms with Gasteiger partial charge in [-0.05, 0) is 36.6 Å². The molecule has 1 rings (SSSR count). The number of phenols is 1. The maximum absolute atomic E-state index is 13.0. The number of thioether (sulfide) groups is 1. The molecule has 0 fully saturated rings. The first kappa shape index (κ1) is 15.3. The molecule has 1 amide bonds. The van der Waals surface area contributed by atoms with Crippen LogP contribution in [0.5, 0.6) is 5.75 Å². The van der Waals surface area contributed by atoms with Gasteiger partial charge in [-0.15, -0.1) is 0 Å². The van der Waals surface area contributed by atoms with Crippen molar-refractivity contribution in [3.8, 4) is 5.75 Å². The van der Waals surface area contributed by atoms with Crippen molar-refractivity contribution in [1.29, 1.82) is 0 Å². The van der Waals surface area contributed by atoms with Gasteiger partial charge in [0, 0.05) is 0 Å². The molecule has 1 aromatic carbocycles. The molecule has 0 bridgehead atoms. The maximum atomic E-state index is 13.0. The van der Waals surface area contributed by atoms with Crippen LogP contribution in [-0.4, -0.2) is 40.1 Å². The number of hydrogen-bond donors (Lipinski definition) is 3. The molecule has 0 aliphatic heterocycles. The van der Waals surface area contributed by atoms with Crippen LogP contribution in [0, 0.1) is 5.82 Å². The Labute approximate surface area is 113 Å². The number of hydrogen-bond acceptors (Lipinski definition) is 4. The molecule has 1 unspecified atom stereocenters. The first-order chi connectivity index (χ1) is 8.95. The monoisotopic (exact) mass is 287 g/mol. The summed E-state index contributed by atoms with van der Waals surface area (Å²) in [5, 5.41) is 20.7. The van der Waals surface area contributed by atoms with Gasteiger partial charge in [-0.25, -0.2) is 9.18 Å². The number of carbonyl (C=O) groups is 2. The second-order valence-corrected chi connectivity index (χ2v) is 4.79. The summed E-state index contributed by atoms with van der Waals surface area (Å²) in [7, 11) is 0. The molecule has 0 aromatic heterocycles. The van der Waals surface area contributed by atoms with Gasteiger partial charge < -0.3 is 15.5 Å². The van der Waals surface area contributed by atoms with E-state index in [9.17, 15) is 19.1 Å². The van der Waals surface area contributed by atoms with E-state index in [2.05, 4.69) is 5.32 Å². The molecule has 1 atom stereocenters. The summed E-state index contributed by atoms with van der Waals surface area (Å²) < 4.78 is 13.0. The first-order valence-electron chi connectivity index (χ1n) is 5.46. The van der Waals surface area contributed by atoms with Crippen LogP contribution in [-0.2, 0) is 4.79 Å². The van der Waals surface area contributed by atoms with Crippen LogP contribution < -0.4 is 5.32 Å². The topological polar surface area (TPSA) is 86.6 Å². The average molecular weight is 287 g/mol. The van der Waals surface area contributed by atoms with E-state index in [1.807, 2.05) is 6.26 Å². The molecule has 0 aliphatic rings. The molecule has 7 heteroatoms. The van der Waals surface area contributed by atoms with Gasteiger partial charge in [-0.1, -0.05) is 0 Å². The number of nitrogens with one attached hydrogen (secondary N) is 1. The van der Waals surface area contributed by atoms with Crippen LogP contribution in [0.3, 0.4) is 0 Å². The number of aliphatic carboxylic acids is 1. The smallest absolute Gasteiger partial charge is 0.326 e. The van der Waals surface area contributed by atoms with E-state index < -0.39 is 29.5 Å². The van der Waals surface area contributed by atoms with E-state index in [1.165, 1.54) is 11.8 Å². The minimum Gasteiger partial charge on any atom is -0.507 e. The van der Waals surface area contributed by atoms with Gasteiger partial charge in [0.1, 0.15) is 17.6 Å². The fourth-order valence-electron chi connectivity index (χ4n) is 1.42. The van der Waals surface area contributed by atoms with Gasteiger partial charge in [-0.3, -0.25) is 4.79 Å². The Hall–Kier alpha value is -1.76. The fourth-order valence-corrected chi connectivity index (χ4v) is 1.89. The lowest BCUT2D eigenvalue weighted by atomic mass is 10.1. The Balaban J connectivity index is 2.81. The second-order valence-electron chi connectivity index (χ2n) is 3.81. The lowest BCUT2D eigenvalue weighted by Gasteiger charge is -2.14. The standard InChI is InChI=1S/C12H14FNO4S/c1-19-5-4-9(12(17)18)14-11(16)8-6-7(13)2-3-10(8)15/h2-3,6,9,15H,4-5H2,1H3,(H,14,16)(H,17,18). The van der Waals surface area contributed by atoms with Crippen molar-refractivity contribution >= 4 is 23.6 Å². The summed E-state index contributed by atoms with van der Waals surface area (Å²) in [5.74, 6) is -2.50. The Bertz CT molecular complexity index is 481. The van der Waals surface area contributed by atoms with Crippen molar-refractivity contribution in [1.82, 2.24) is 5.32 Å². The summed E-state index contributed by atoms with van der Waals surface area (Å²) in [6, 6.07) is 1.84. The predicted octanol–water partition coefficient (Wildman–Crippen LogP) is 1.47. The van der Waals surface area contributed by atoms with Crippen LogP contribution in [0.1, 0.15) is 16.8 Å². The number of carboxylic acid groups (broad SMARTS) is 1. The number of aromatic hydroxyl groups is 1. The van der Waals surface area contributed by atoms with E-state index in [0.717, 1.165) is 18.2 Å². The highest BCUT2D eigenvalue weighted by atomic mass is 32.2. The number of carbonyl (C=O) groups excluding carboxylic acids is 1. The van der Waals surface area contributed by atoms with Crippen molar-refractivity contribution in [2.24, 2.45) is 0 Å². The average Bonchev–Trinajstić information content (AvgIpc) is 2.36. The van der Waals surface area contributed by atoms with Gasteiger partial charge in [0.2, 0.25) is 0 Å². The molecular weight excluding hydrogens is 273 g/mol. The summed E-state index contributed by atoms with van der Waals surface area (Å²) in [6.45, 7) is 0. The van der Waals surface area contributed by atoms with Gasteiger partial charge in [0.05, 0.1) is 5.56 Å². The number of benzene rings is 1. The molecule has 0 saturated heterocycles. The SMILES string of the molecule is CSCCC(NC(=O)c1cc(F)ccc1O)C(=O)O. The first-order valence-corrected chi connectivity index (χ1v) is 6.86. The van der Waals surface area contributed by atoms with Crippen molar-refractivity contribution < 1.29 is 24.2 Å². The molecule has 0 spiro atoms. The molecule has 104 valence electrons. The number of halogens is 1. The summed E-state index contributed by atoms with van der Waals surface area (Å²) in [5.41, 5.74) is -0.282. The largest absolute Gasteiger partial charge is 0.507 e. The molecule has 3 N–H and O–H groups in total. The zero-order valence-corrected chi connectivity index (χ0v) is 11.0. The van der Waals surface area contributed by atoms with E-state index in [4.69, 9.17) is 5.11 Å². The van der Waals surface area contributed by atoms with Gasteiger partial charge in [0.15, 0.2) is 0 Å². The lowest BCUT2D eigenvalue weighted by Crippen LogP contribution is -2.41. The van der Waals surface area contributed by atoms with Crippen LogP contribution >= 0.6 is 11.8 Å². The molecule has 5 nitrogen and oxygen atoms in total. The third-order valence-corrected chi connectivity index (χ3v) is 3.06. The third kappa shape index (κ3) is 4.44. The van der Waals surface area contributed by atoms with Gasteiger partial charge in [-0.2, -0.15) is 11.8 Å². The van der Waals surface area contributed by atoms with Crippen LogP contribution in [0.25, 0.3) is 0 Å². The highest BCUT2D eigenvalue weighted by Gasteiger charge is 2.21. The minimum absolute atomic E-state index is 0.248. The number of amides is 1. The fraction of sp³-hybridized carbons (Fsp3) is 0.333. The molecule has 19 heavy (non-hydrogen) atoms. The molecule has 0 heterocycles. The van der Waals surface area contributed by atoms with E-state index in [1.54, 1.807) is 0 Å². The Morgan fingerprint density at radius 2 is 2.16 bits per heavy atom. The zero-order chi connectivity index (χ0) is 14.4. The van der Waals surface area contributed by atoms with Crippen molar-refractivity contribution in [3.05, 3.63) is 29.6 Å². The molecule has 0 radical (unpaired) electrons. The molecule has 0 aliphatic carbocycles. The quantitative estimate of drug-likeness (QED) is 0.737. The highest BCUT2D eigenvalue weighted by molar-refractivity contribution is 7.98.